The fourth-order valence-electron chi connectivity index (χ4n) is 12.1. The average Bonchev–Trinajstić information content (AvgIpc) is 3.61. The molecule has 0 aromatic heterocycles. The second-order valence-electron chi connectivity index (χ2n) is 17.6. The van der Waals surface area contributed by atoms with Gasteiger partial charge >= 0.3 is 6.16 Å². The number of carbonyl (C=O) groups is 1. The molecule has 0 radical (unpaired) electrons. The van der Waals surface area contributed by atoms with Gasteiger partial charge in [0.25, 0.3) is 0 Å². The third-order valence-corrected chi connectivity index (χ3v) is 14.6. The largest absolute Gasteiger partial charge is 0.509 e. The molecule has 2 heterocycles. The highest BCUT2D eigenvalue weighted by Gasteiger charge is 2.61. The predicted octanol–water partition coefficient (Wildman–Crippen LogP) is 9.73. The van der Waals surface area contributed by atoms with Gasteiger partial charge in [-0.25, -0.2) is 4.79 Å². The third-order valence-electron chi connectivity index (χ3n) is 14.6. The highest BCUT2D eigenvalue weighted by molar-refractivity contribution is 5.63. The van der Waals surface area contributed by atoms with Crippen LogP contribution in [0.3, 0.4) is 0 Å². The summed E-state index contributed by atoms with van der Waals surface area (Å²) in [6.45, 7) is 15.1. The zero-order valence-electron chi connectivity index (χ0n) is 30.0. The van der Waals surface area contributed by atoms with E-state index >= 15 is 0 Å². The number of carbonyl (C=O) groups excluding carboxylic acids is 1. The lowest BCUT2D eigenvalue weighted by Gasteiger charge is -2.61. The maximum Gasteiger partial charge on any atom is 0.509 e. The molecule has 0 bridgehead atoms. The standard InChI is InChI=1S/C41H62O6/c1-25(2)11-10-12-26(3)32-17-18-33-31-16-15-29-23-30(19-21-40(29,5)34(31)20-22-41(32,33)6)45-38-37-36(46-39(42)47-37)35(27(4)44-38)43-24-28-13-8-7-9-14-28/h7-9,13-14,25-27,29-38H,10-12,15-24H2,1-6H3/t26-,27+,29+,30+,31+,32-,33+,34+,35+,36-,37-,38-,40+,41-/m1/s1. The van der Waals surface area contributed by atoms with Crippen LogP contribution < -0.4 is 0 Å². The van der Waals surface area contributed by atoms with Gasteiger partial charge in [-0.1, -0.05) is 84.2 Å². The summed E-state index contributed by atoms with van der Waals surface area (Å²) in [6.07, 6.45) is 13.0. The highest BCUT2D eigenvalue weighted by Crippen LogP contribution is 2.68. The van der Waals surface area contributed by atoms with Crippen LogP contribution in [0.1, 0.15) is 124 Å². The van der Waals surface area contributed by atoms with Crippen molar-refractivity contribution in [3.8, 4) is 0 Å². The average molecular weight is 651 g/mol. The van der Waals surface area contributed by atoms with Crippen molar-refractivity contribution >= 4 is 6.16 Å². The van der Waals surface area contributed by atoms with Gasteiger partial charge in [-0.05, 0) is 123 Å². The molecule has 47 heavy (non-hydrogen) atoms. The van der Waals surface area contributed by atoms with E-state index in [0.717, 1.165) is 53.9 Å². The van der Waals surface area contributed by atoms with Crippen LogP contribution in [0.5, 0.6) is 0 Å². The molecule has 262 valence electrons. The SMILES string of the molecule is CC(C)CCC[C@@H](C)[C@H]1CC[C@H]2[C@@H]3CC[C@H]4C[C@@H](O[C@H]5O[C@@H](C)[C@H](OCc6ccccc6)[C@H]6OC(=O)O[C@@H]56)CC[C@]4(C)[C@H]3CC[C@]12C. The summed E-state index contributed by atoms with van der Waals surface area (Å²) in [5.41, 5.74) is 2.01. The number of rotatable bonds is 10. The van der Waals surface area contributed by atoms with Crippen LogP contribution in [0.2, 0.25) is 0 Å². The topological polar surface area (TPSA) is 63.2 Å². The van der Waals surface area contributed by atoms with Crippen LogP contribution in [-0.4, -0.2) is 43.0 Å². The van der Waals surface area contributed by atoms with Crippen molar-refractivity contribution in [1.29, 1.82) is 0 Å². The lowest BCUT2D eigenvalue weighted by atomic mass is 9.44. The molecule has 7 rings (SSSR count). The van der Waals surface area contributed by atoms with E-state index in [1.807, 2.05) is 37.3 Å². The molecule has 0 N–H and O–H groups in total. The van der Waals surface area contributed by atoms with Gasteiger partial charge < -0.3 is 23.7 Å². The normalized spacial score (nSPS) is 44.9. The Morgan fingerprint density at radius 2 is 1.62 bits per heavy atom. The first kappa shape index (κ1) is 33.8. The molecule has 0 amide bonds. The summed E-state index contributed by atoms with van der Waals surface area (Å²) < 4.78 is 30.8. The van der Waals surface area contributed by atoms with Crippen molar-refractivity contribution in [3.05, 3.63) is 35.9 Å². The van der Waals surface area contributed by atoms with Crippen molar-refractivity contribution in [2.45, 2.75) is 162 Å². The van der Waals surface area contributed by atoms with Crippen molar-refractivity contribution in [1.82, 2.24) is 0 Å². The summed E-state index contributed by atoms with van der Waals surface area (Å²) in [7, 11) is 0. The summed E-state index contributed by atoms with van der Waals surface area (Å²) in [4.78, 5) is 12.4. The Morgan fingerprint density at radius 1 is 0.872 bits per heavy atom. The van der Waals surface area contributed by atoms with E-state index in [4.69, 9.17) is 23.7 Å². The van der Waals surface area contributed by atoms with Crippen LogP contribution in [0, 0.1) is 52.3 Å². The Kier molecular flexibility index (Phi) is 9.79. The van der Waals surface area contributed by atoms with Crippen molar-refractivity contribution < 1.29 is 28.5 Å². The second-order valence-corrected chi connectivity index (χ2v) is 17.6. The van der Waals surface area contributed by atoms with E-state index in [9.17, 15) is 4.79 Å². The summed E-state index contributed by atoms with van der Waals surface area (Å²) in [5.74, 6) is 5.93. The van der Waals surface area contributed by atoms with Gasteiger partial charge in [0, 0.05) is 0 Å². The Morgan fingerprint density at radius 3 is 2.40 bits per heavy atom. The Bertz CT molecular complexity index is 1220. The van der Waals surface area contributed by atoms with Crippen LogP contribution in [-0.2, 0) is 30.3 Å². The molecule has 4 aliphatic carbocycles. The van der Waals surface area contributed by atoms with Crippen LogP contribution in [0.15, 0.2) is 30.3 Å². The fraction of sp³-hybridized carbons (Fsp3) is 0.829. The minimum absolute atomic E-state index is 0.111. The number of hydrogen-bond acceptors (Lipinski definition) is 6. The lowest BCUT2D eigenvalue weighted by molar-refractivity contribution is -0.296. The first-order valence-corrected chi connectivity index (χ1v) is 19.4. The molecule has 6 aliphatic rings. The van der Waals surface area contributed by atoms with Gasteiger partial charge in [-0.2, -0.15) is 0 Å². The third kappa shape index (κ3) is 6.42. The molecule has 6 fully saturated rings. The van der Waals surface area contributed by atoms with E-state index in [2.05, 4.69) is 34.6 Å². The zero-order valence-corrected chi connectivity index (χ0v) is 30.0. The molecule has 4 saturated carbocycles. The van der Waals surface area contributed by atoms with Gasteiger partial charge in [0.2, 0.25) is 0 Å². The van der Waals surface area contributed by atoms with Crippen molar-refractivity contribution in [3.63, 3.8) is 0 Å². The van der Waals surface area contributed by atoms with Crippen molar-refractivity contribution in [2.75, 3.05) is 0 Å². The van der Waals surface area contributed by atoms with Gasteiger partial charge in [-0.3, -0.25) is 0 Å². The highest BCUT2D eigenvalue weighted by atomic mass is 16.8. The van der Waals surface area contributed by atoms with E-state index in [1.54, 1.807) is 0 Å². The number of fused-ring (bicyclic) bond motifs is 6. The quantitative estimate of drug-likeness (QED) is 0.186. The number of hydrogen-bond donors (Lipinski definition) is 0. The maximum atomic E-state index is 12.4. The molecule has 2 saturated heterocycles. The Labute approximate surface area is 284 Å². The number of ether oxygens (including phenoxy) is 5. The van der Waals surface area contributed by atoms with Gasteiger partial charge in [0.15, 0.2) is 18.5 Å². The molecule has 0 unspecified atom stereocenters. The number of benzene rings is 1. The zero-order chi connectivity index (χ0) is 32.9. The molecule has 1 aromatic rings. The lowest BCUT2D eigenvalue weighted by Crippen LogP contribution is -2.58. The molecule has 6 heteroatoms. The maximum absolute atomic E-state index is 12.4. The predicted molar refractivity (Wildman–Crippen MR) is 182 cm³/mol. The first-order chi connectivity index (χ1) is 22.6. The monoisotopic (exact) mass is 650 g/mol. The van der Waals surface area contributed by atoms with Crippen molar-refractivity contribution in [2.24, 2.45) is 52.3 Å². The van der Waals surface area contributed by atoms with E-state index in [-0.39, 0.29) is 12.2 Å². The van der Waals surface area contributed by atoms with Crippen LogP contribution in [0.25, 0.3) is 0 Å². The molecular weight excluding hydrogens is 588 g/mol. The summed E-state index contributed by atoms with van der Waals surface area (Å²) >= 11 is 0. The first-order valence-electron chi connectivity index (χ1n) is 19.4. The van der Waals surface area contributed by atoms with E-state index < -0.39 is 30.8 Å². The molecule has 14 atom stereocenters. The fourth-order valence-corrected chi connectivity index (χ4v) is 12.1. The van der Waals surface area contributed by atoms with E-state index in [1.165, 1.54) is 64.2 Å². The summed E-state index contributed by atoms with van der Waals surface area (Å²) in [6, 6.07) is 10.1. The van der Waals surface area contributed by atoms with Crippen LogP contribution in [0.4, 0.5) is 4.79 Å². The smallest absolute Gasteiger partial charge is 0.424 e. The van der Waals surface area contributed by atoms with Crippen LogP contribution >= 0.6 is 0 Å². The molecular formula is C41H62O6. The molecule has 1 aromatic carbocycles. The van der Waals surface area contributed by atoms with Gasteiger partial charge in [-0.15, -0.1) is 0 Å². The summed E-state index contributed by atoms with van der Waals surface area (Å²) in [5, 5.41) is 0. The van der Waals surface area contributed by atoms with Gasteiger partial charge in [0.05, 0.1) is 18.8 Å². The molecule has 0 spiro atoms. The minimum Gasteiger partial charge on any atom is -0.424 e. The Balaban J connectivity index is 0.965. The Hall–Kier alpha value is -1.63. The van der Waals surface area contributed by atoms with E-state index in [0.29, 0.717) is 23.4 Å². The van der Waals surface area contributed by atoms with Gasteiger partial charge in [0.1, 0.15) is 6.10 Å². The minimum atomic E-state index is -0.655. The molecule has 6 nitrogen and oxygen atoms in total. The second kappa shape index (κ2) is 13.6. The molecule has 2 aliphatic heterocycles.